The molecule has 2 aromatic carbocycles. The van der Waals surface area contributed by atoms with Crippen LogP contribution in [0.1, 0.15) is 32.8 Å². The van der Waals surface area contributed by atoms with Crippen LogP contribution in [0.4, 0.5) is 0 Å². The first-order valence-electron chi connectivity index (χ1n) is 9.50. The molecule has 0 saturated heterocycles. The summed E-state index contributed by atoms with van der Waals surface area (Å²) in [6.45, 7) is 11.3. The fraction of sp³-hybridized carbons (Fsp3) is 0.208. The standard InChI is InChI=1S/C12H9N3O.C7H8.C3H8.C2H5.Y/c16-12-14-9-5-1-2-6-10(9)15(12)11-7-3-4-8-13-11;1-7-5-3-2-4-6-7;1-3-2;1-2;/h1-8H,(H,14,16);2-6H,1H3;3H2,1-2H3;1H2,2H3;/q;;;-1;. The smallest absolute Gasteiger partial charge is 0.332 e. The van der Waals surface area contributed by atoms with Gasteiger partial charge in [-0.15, -0.1) is 0 Å². The second kappa shape index (κ2) is 15.8. The van der Waals surface area contributed by atoms with Crippen molar-refractivity contribution in [2.24, 2.45) is 0 Å². The number of H-pyrrole nitrogens is 1. The summed E-state index contributed by atoms with van der Waals surface area (Å²) in [5.74, 6) is 0.630. The molecule has 2 aromatic heterocycles. The zero-order chi connectivity index (χ0) is 20.8. The largest absolute Gasteiger partial charge is 0.346 e. The van der Waals surface area contributed by atoms with Gasteiger partial charge in [0.2, 0.25) is 0 Å². The fourth-order valence-corrected chi connectivity index (χ4v) is 2.30. The number of pyridine rings is 1. The van der Waals surface area contributed by atoms with Gasteiger partial charge in [0.05, 0.1) is 11.0 Å². The van der Waals surface area contributed by atoms with E-state index in [0.29, 0.717) is 5.82 Å². The normalized spacial score (nSPS) is 8.86. The molecule has 151 valence electrons. The summed E-state index contributed by atoms with van der Waals surface area (Å²) in [7, 11) is 0. The zero-order valence-corrected chi connectivity index (χ0v) is 20.6. The van der Waals surface area contributed by atoms with Crippen molar-refractivity contribution in [1.82, 2.24) is 14.5 Å². The molecule has 0 amide bonds. The van der Waals surface area contributed by atoms with Crippen LogP contribution < -0.4 is 5.69 Å². The van der Waals surface area contributed by atoms with Crippen LogP contribution in [0.15, 0.2) is 83.8 Å². The van der Waals surface area contributed by atoms with E-state index in [1.165, 1.54) is 12.0 Å². The molecule has 0 bridgehead atoms. The molecule has 0 spiro atoms. The van der Waals surface area contributed by atoms with Crippen LogP contribution in [-0.2, 0) is 32.7 Å². The van der Waals surface area contributed by atoms with Crippen LogP contribution >= 0.6 is 0 Å². The summed E-state index contributed by atoms with van der Waals surface area (Å²) in [6.07, 6.45) is 2.92. The first-order chi connectivity index (χ1) is 13.7. The number of rotatable bonds is 1. The van der Waals surface area contributed by atoms with E-state index in [4.69, 9.17) is 0 Å². The number of benzene rings is 2. The molecular weight excluding hydrogens is 435 g/mol. The van der Waals surface area contributed by atoms with Crippen LogP contribution in [0.3, 0.4) is 0 Å². The molecule has 4 rings (SSSR count). The number of hydrogen-bond donors (Lipinski definition) is 1. The van der Waals surface area contributed by atoms with Crippen LogP contribution in [0.2, 0.25) is 0 Å². The van der Waals surface area contributed by atoms with E-state index >= 15 is 0 Å². The van der Waals surface area contributed by atoms with E-state index in [9.17, 15) is 4.79 Å². The predicted octanol–water partition coefficient (Wildman–Crippen LogP) is 5.96. The van der Waals surface area contributed by atoms with Crippen molar-refractivity contribution in [3.63, 3.8) is 0 Å². The Labute approximate surface area is 199 Å². The molecule has 1 N–H and O–H groups in total. The third-order valence-electron chi connectivity index (χ3n) is 3.41. The Morgan fingerprint density at radius 3 is 1.97 bits per heavy atom. The number of fused-ring (bicyclic) bond motifs is 1. The van der Waals surface area contributed by atoms with Gasteiger partial charge < -0.3 is 11.9 Å². The molecule has 4 nitrogen and oxygen atoms in total. The van der Waals surface area contributed by atoms with Gasteiger partial charge in [0, 0.05) is 38.9 Å². The Hall–Kier alpha value is -2.04. The number of hydrogen-bond acceptors (Lipinski definition) is 2. The van der Waals surface area contributed by atoms with E-state index < -0.39 is 0 Å². The van der Waals surface area contributed by atoms with Crippen molar-refractivity contribution in [3.05, 3.63) is 102 Å². The van der Waals surface area contributed by atoms with Crippen molar-refractivity contribution < 1.29 is 32.7 Å². The minimum absolute atomic E-state index is 0. The number of aromatic nitrogens is 3. The molecule has 4 aromatic rings. The van der Waals surface area contributed by atoms with Crippen molar-refractivity contribution in [2.45, 2.75) is 34.1 Å². The van der Waals surface area contributed by atoms with Crippen molar-refractivity contribution in [2.75, 3.05) is 0 Å². The van der Waals surface area contributed by atoms with Crippen molar-refractivity contribution in [1.29, 1.82) is 0 Å². The quantitative estimate of drug-likeness (QED) is 0.353. The molecule has 0 fully saturated rings. The van der Waals surface area contributed by atoms with Gasteiger partial charge in [-0.05, 0) is 31.2 Å². The summed E-state index contributed by atoms with van der Waals surface area (Å²) in [5, 5.41) is 0. The zero-order valence-electron chi connectivity index (χ0n) is 17.8. The third-order valence-corrected chi connectivity index (χ3v) is 3.41. The van der Waals surface area contributed by atoms with Crippen molar-refractivity contribution >= 4 is 11.0 Å². The SMILES string of the molecule is CCC.Cc1ccccc1.O=c1[nH]c2ccccc2n1-c1ccccn1.[CH2-]C.[Y]. The Balaban J connectivity index is 0.000000509. The molecule has 0 atom stereocenters. The van der Waals surface area contributed by atoms with Crippen LogP contribution in [0.5, 0.6) is 0 Å². The molecule has 2 heterocycles. The minimum Gasteiger partial charge on any atom is -0.346 e. The van der Waals surface area contributed by atoms with Gasteiger partial charge in [-0.3, -0.25) is 0 Å². The topological polar surface area (TPSA) is 50.7 Å². The van der Waals surface area contributed by atoms with E-state index in [0.717, 1.165) is 11.0 Å². The number of nitrogens with zero attached hydrogens (tertiary/aromatic N) is 2. The molecule has 0 unspecified atom stereocenters. The van der Waals surface area contributed by atoms with E-state index in [1.54, 1.807) is 17.7 Å². The minimum atomic E-state index is -0.167. The maximum absolute atomic E-state index is 11.8. The number of imidazole rings is 1. The molecule has 0 aliphatic carbocycles. The van der Waals surface area contributed by atoms with Gasteiger partial charge >= 0.3 is 5.69 Å². The molecule has 0 aliphatic rings. The number of nitrogens with one attached hydrogen (secondary N) is 1. The number of para-hydroxylation sites is 2. The van der Waals surface area contributed by atoms with E-state index in [-0.39, 0.29) is 38.4 Å². The Morgan fingerprint density at radius 2 is 1.45 bits per heavy atom. The Kier molecular flexibility index (Phi) is 14.7. The first kappa shape index (κ1) is 27.0. The molecule has 0 saturated carbocycles. The van der Waals surface area contributed by atoms with Gasteiger partial charge in [-0.2, -0.15) is 6.92 Å². The molecule has 5 heteroatoms. The predicted molar refractivity (Wildman–Crippen MR) is 120 cm³/mol. The Morgan fingerprint density at radius 1 is 0.897 bits per heavy atom. The van der Waals surface area contributed by atoms with Gasteiger partial charge in [0.15, 0.2) is 0 Å². The maximum Gasteiger partial charge on any atom is 0.332 e. The van der Waals surface area contributed by atoms with E-state index in [1.807, 2.05) is 60.7 Å². The number of aromatic amines is 1. The summed E-state index contributed by atoms with van der Waals surface area (Å²) < 4.78 is 1.56. The molecule has 0 aliphatic heterocycles. The summed E-state index contributed by atoms with van der Waals surface area (Å²) in [6, 6.07) is 23.3. The van der Waals surface area contributed by atoms with Crippen molar-refractivity contribution in [3.8, 4) is 5.82 Å². The molecule has 29 heavy (non-hydrogen) atoms. The number of aryl methyl sites for hydroxylation is 1. The average Bonchev–Trinajstić information content (AvgIpc) is 3.07. The monoisotopic (exact) mass is 465 g/mol. The summed E-state index contributed by atoms with van der Waals surface area (Å²) in [4.78, 5) is 18.8. The first-order valence-corrected chi connectivity index (χ1v) is 9.50. The van der Waals surface area contributed by atoms with Gasteiger partial charge in [-0.25, -0.2) is 14.3 Å². The second-order valence-electron chi connectivity index (χ2n) is 5.83. The van der Waals surface area contributed by atoms with Gasteiger partial charge in [0.25, 0.3) is 0 Å². The Bertz CT molecular complexity index is 964. The average molecular weight is 465 g/mol. The van der Waals surface area contributed by atoms with Gasteiger partial charge in [0.1, 0.15) is 5.82 Å². The molecule has 1 radical (unpaired) electrons. The fourth-order valence-electron chi connectivity index (χ4n) is 2.30. The van der Waals surface area contributed by atoms with Crippen LogP contribution in [0.25, 0.3) is 16.9 Å². The van der Waals surface area contributed by atoms with Gasteiger partial charge in [-0.1, -0.05) is 74.4 Å². The maximum atomic E-state index is 11.8. The summed E-state index contributed by atoms with van der Waals surface area (Å²) in [5.41, 5.74) is 2.81. The van der Waals surface area contributed by atoms with E-state index in [2.05, 4.69) is 49.8 Å². The van der Waals surface area contributed by atoms with Crippen LogP contribution in [-0.4, -0.2) is 14.5 Å². The second-order valence-corrected chi connectivity index (χ2v) is 5.83. The summed E-state index contributed by atoms with van der Waals surface area (Å²) >= 11 is 0. The molecular formula is C24H30N3OY-. The third kappa shape index (κ3) is 8.89. The van der Waals surface area contributed by atoms with Crippen LogP contribution in [0, 0.1) is 13.8 Å².